The van der Waals surface area contributed by atoms with E-state index in [1.54, 1.807) is 7.11 Å². The summed E-state index contributed by atoms with van der Waals surface area (Å²) in [6, 6.07) is 5.99. The Kier molecular flexibility index (Phi) is 5.37. The first-order valence-electron chi connectivity index (χ1n) is 7.56. The van der Waals surface area contributed by atoms with E-state index in [1.165, 1.54) is 0 Å². The molecule has 1 aromatic carbocycles. The number of ketones is 1. The highest BCUT2D eigenvalue weighted by atomic mass is 16.5. The third-order valence-corrected chi connectivity index (χ3v) is 4.24. The van der Waals surface area contributed by atoms with Crippen molar-refractivity contribution in [3.63, 3.8) is 0 Å². The van der Waals surface area contributed by atoms with Crippen LogP contribution in [0.5, 0.6) is 5.75 Å². The summed E-state index contributed by atoms with van der Waals surface area (Å²) in [7, 11) is 5.80. The van der Waals surface area contributed by atoms with Gasteiger partial charge in [0.05, 0.1) is 13.2 Å². The van der Waals surface area contributed by atoms with E-state index in [9.17, 15) is 4.79 Å². The molecule has 1 saturated heterocycles. The lowest BCUT2D eigenvalue weighted by atomic mass is 10.00. The maximum Gasteiger partial charge on any atom is 0.155 e. The number of hydrogen-bond donors (Lipinski definition) is 0. The van der Waals surface area contributed by atoms with Gasteiger partial charge in [0, 0.05) is 18.5 Å². The number of benzene rings is 1. The fraction of sp³-hybridized carbons (Fsp3) is 0.588. The van der Waals surface area contributed by atoms with Crippen molar-refractivity contribution in [1.29, 1.82) is 0 Å². The zero-order chi connectivity index (χ0) is 15.4. The molecule has 0 amide bonds. The first kappa shape index (κ1) is 16.0. The molecule has 1 aliphatic rings. The average Bonchev–Trinajstić information content (AvgIpc) is 2.60. The lowest BCUT2D eigenvalue weighted by molar-refractivity contribution is -0.123. The number of carbonyl (C=O) groups excluding carboxylic acids is 1. The van der Waals surface area contributed by atoms with Gasteiger partial charge in [0.1, 0.15) is 5.75 Å². The molecular weight excluding hydrogens is 264 g/mol. The van der Waals surface area contributed by atoms with Gasteiger partial charge in [-0.25, -0.2) is 0 Å². The van der Waals surface area contributed by atoms with E-state index in [-0.39, 0.29) is 11.8 Å². The van der Waals surface area contributed by atoms with Gasteiger partial charge in [-0.3, -0.25) is 9.69 Å². The fourth-order valence-electron chi connectivity index (χ4n) is 2.97. The minimum Gasteiger partial charge on any atom is -0.496 e. The second-order valence-corrected chi connectivity index (χ2v) is 6.07. The number of likely N-dealkylation sites (N-methyl/N-ethyl adjacent to an activating group) is 2. The first-order valence-corrected chi connectivity index (χ1v) is 7.56. The average molecular weight is 290 g/mol. The van der Waals surface area contributed by atoms with Crippen LogP contribution in [0.3, 0.4) is 0 Å². The van der Waals surface area contributed by atoms with E-state index in [1.807, 2.05) is 19.1 Å². The fourth-order valence-corrected chi connectivity index (χ4v) is 2.97. The van der Waals surface area contributed by atoms with Crippen LogP contribution in [0.15, 0.2) is 18.2 Å². The van der Waals surface area contributed by atoms with Crippen LogP contribution < -0.4 is 4.74 Å². The molecule has 0 radical (unpaired) electrons. The zero-order valence-corrected chi connectivity index (χ0v) is 13.6. The predicted octanol–water partition coefficient (Wildman–Crippen LogP) is 1.75. The van der Waals surface area contributed by atoms with E-state index >= 15 is 0 Å². The molecule has 0 spiro atoms. The minimum absolute atomic E-state index is 0.0253. The summed E-state index contributed by atoms with van der Waals surface area (Å²) in [5.74, 6) is 1.08. The largest absolute Gasteiger partial charge is 0.496 e. The maximum absolute atomic E-state index is 12.7. The molecule has 1 aliphatic heterocycles. The van der Waals surface area contributed by atoms with Gasteiger partial charge < -0.3 is 9.64 Å². The molecule has 21 heavy (non-hydrogen) atoms. The topological polar surface area (TPSA) is 32.8 Å². The molecule has 4 nitrogen and oxygen atoms in total. The molecule has 2 rings (SSSR count). The van der Waals surface area contributed by atoms with Crippen molar-refractivity contribution in [2.75, 3.05) is 40.8 Å². The highest BCUT2D eigenvalue weighted by molar-refractivity contribution is 5.87. The number of carbonyl (C=O) groups is 1. The number of methoxy groups -OCH3 is 1. The lowest BCUT2D eigenvalue weighted by Crippen LogP contribution is -2.44. The quantitative estimate of drug-likeness (QED) is 0.846. The number of aryl methyl sites for hydroxylation is 1. The van der Waals surface area contributed by atoms with Crippen LogP contribution in [-0.2, 0) is 11.2 Å². The molecule has 0 aliphatic carbocycles. The summed E-state index contributed by atoms with van der Waals surface area (Å²) in [6.45, 7) is 4.88. The smallest absolute Gasteiger partial charge is 0.155 e. The lowest BCUT2D eigenvalue weighted by Gasteiger charge is -2.26. The summed E-state index contributed by atoms with van der Waals surface area (Å²) >= 11 is 0. The van der Waals surface area contributed by atoms with Gasteiger partial charge in [-0.05, 0) is 46.6 Å². The highest BCUT2D eigenvalue weighted by Crippen LogP contribution is 2.21. The van der Waals surface area contributed by atoms with Crippen molar-refractivity contribution < 1.29 is 9.53 Å². The normalized spacial score (nSPS) is 21.0. The molecule has 116 valence electrons. The third-order valence-electron chi connectivity index (χ3n) is 4.24. The van der Waals surface area contributed by atoms with Crippen molar-refractivity contribution in [2.24, 2.45) is 0 Å². The van der Waals surface area contributed by atoms with E-state index < -0.39 is 0 Å². The molecule has 1 atom stereocenters. The van der Waals surface area contributed by atoms with Gasteiger partial charge >= 0.3 is 0 Å². The Morgan fingerprint density at radius 1 is 1.33 bits per heavy atom. The molecule has 0 N–H and O–H groups in total. The number of nitrogens with zero attached hydrogens (tertiary/aromatic N) is 2. The van der Waals surface area contributed by atoms with Crippen LogP contribution in [0.1, 0.15) is 17.5 Å². The van der Waals surface area contributed by atoms with Crippen LogP contribution >= 0.6 is 0 Å². The van der Waals surface area contributed by atoms with Crippen LogP contribution in [0, 0.1) is 6.92 Å². The molecule has 4 heteroatoms. The summed E-state index contributed by atoms with van der Waals surface area (Å²) in [4.78, 5) is 17.2. The second-order valence-electron chi connectivity index (χ2n) is 6.07. The van der Waals surface area contributed by atoms with Crippen LogP contribution in [0.4, 0.5) is 0 Å². The molecular formula is C17H26N2O2. The van der Waals surface area contributed by atoms with Gasteiger partial charge in [0.25, 0.3) is 0 Å². The number of Topliss-reactive ketones (excluding diaryl/α,β-unsaturated/α-hetero) is 1. The molecule has 0 aromatic heterocycles. The Bertz CT molecular complexity index is 502. The van der Waals surface area contributed by atoms with Gasteiger partial charge in [-0.15, -0.1) is 0 Å². The summed E-state index contributed by atoms with van der Waals surface area (Å²) in [6.07, 6.45) is 1.55. The SMILES string of the molecule is COc1ccc(C)cc1CC(=O)C1CN(C)CCCN1C. The van der Waals surface area contributed by atoms with Crippen molar-refractivity contribution in [3.05, 3.63) is 29.3 Å². The summed E-state index contributed by atoms with van der Waals surface area (Å²) in [5.41, 5.74) is 2.15. The predicted molar refractivity (Wildman–Crippen MR) is 85.0 cm³/mol. The Hall–Kier alpha value is -1.39. The standard InChI is InChI=1S/C17H26N2O2/c1-13-6-7-17(21-4)14(10-13)11-16(20)15-12-18(2)8-5-9-19(15)3/h6-7,10,15H,5,8-9,11-12H2,1-4H3. The van der Waals surface area contributed by atoms with E-state index in [2.05, 4.69) is 30.0 Å². The molecule has 0 bridgehead atoms. The Labute approximate surface area is 127 Å². The zero-order valence-electron chi connectivity index (χ0n) is 13.6. The van der Waals surface area contributed by atoms with Crippen molar-refractivity contribution in [3.8, 4) is 5.75 Å². The first-order chi connectivity index (χ1) is 10.0. The van der Waals surface area contributed by atoms with E-state index in [4.69, 9.17) is 4.74 Å². The molecule has 1 aromatic rings. The second kappa shape index (κ2) is 7.05. The number of ether oxygens (including phenoxy) is 1. The van der Waals surface area contributed by atoms with Crippen molar-refractivity contribution in [1.82, 2.24) is 9.80 Å². The van der Waals surface area contributed by atoms with Crippen molar-refractivity contribution >= 4 is 5.78 Å². The minimum atomic E-state index is -0.0253. The van der Waals surface area contributed by atoms with Gasteiger partial charge in [0.15, 0.2) is 5.78 Å². The van der Waals surface area contributed by atoms with Gasteiger partial charge in [-0.2, -0.15) is 0 Å². The Morgan fingerprint density at radius 3 is 2.81 bits per heavy atom. The number of rotatable bonds is 4. The molecule has 1 heterocycles. The monoisotopic (exact) mass is 290 g/mol. The molecule has 0 saturated carbocycles. The van der Waals surface area contributed by atoms with Crippen LogP contribution in [0.2, 0.25) is 0 Å². The highest BCUT2D eigenvalue weighted by Gasteiger charge is 2.27. The maximum atomic E-state index is 12.7. The number of hydrogen-bond acceptors (Lipinski definition) is 4. The van der Waals surface area contributed by atoms with E-state index in [0.717, 1.165) is 42.9 Å². The Morgan fingerprint density at radius 2 is 2.10 bits per heavy atom. The van der Waals surface area contributed by atoms with Crippen LogP contribution in [0.25, 0.3) is 0 Å². The van der Waals surface area contributed by atoms with Gasteiger partial charge in [-0.1, -0.05) is 17.7 Å². The summed E-state index contributed by atoms with van der Waals surface area (Å²) in [5, 5.41) is 0. The van der Waals surface area contributed by atoms with Crippen molar-refractivity contribution in [2.45, 2.75) is 25.8 Å². The molecule has 1 fully saturated rings. The Balaban J connectivity index is 2.14. The summed E-state index contributed by atoms with van der Waals surface area (Å²) < 4.78 is 5.38. The third kappa shape index (κ3) is 4.05. The van der Waals surface area contributed by atoms with Crippen LogP contribution in [-0.4, -0.2) is 62.5 Å². The van der Waals surface area contributed by atoms with E-state index in [0.29, 0.717) is 6.42 Å². The van der Waals surface area contributed by atoms with Gasteiger partial charge in [0.2, 0.25) is 0 Å². The molecule has 1 unspecified atom stereocenters.